The van der Waals surface area contributed by atoms with Crippen LogP contribution < -0.4 is 4.74 Å². The summed E-state index contributed by atoms with van der Waals surface area (Å²) in [6.45, 7) is -0.569. The molecule has 0 aliphatic carbocycles. The molecular formula is C12H8F3NO3. The predicted octanol–water partition coefficient (Wildman–Crippen LogP) is 2.72. The zero-order chi connectivity index (χ0) is 14.0. The highest BCUT2D eigenvalue weighted by Crippen LogP contribution is 2.33. The monoisotopic (exact) mass is 271 g/mol. The largest absolute Gasteiger partial charge is 0.481 e. The first-order valence-electron chi connectivity index (χ1n) is 5.18. The molecule has 100 valence electrons. The molecule has 1 N–H and O–H groups in total. The maximum atomic E-state index is 12.5. The second kappa shape index (κ2) is 4.75. The van der Waals surface area contributed by atoms with Gasteiger partial charge in [0.15, 0.2) is 6.61 Å². The van der Waals surface area contributed by atoms with E-state index in [2.05, 4.69) is 4.98 Å². The number of aromatic nitrogens is 1. The third kappa shape index (κ3) is 2.93. The molecule has 0 radical (unpaired) electrons. The number of pyridine rings is 1. The van der Waals surface area contributed by atoms with Crippen molar-refractivity contribution in [2.45, 2.75) is 6.18 Å². The molecule has 2 aromatic rings. The molecule has 0 atom stereocenters. The minimum absolute atomic E-state index is 0.0951. The number of halogens is 3. The second-order valence-corrected chi connectivity index (χ2v) is 3.72. The van der Waals surface area contributed by atoms with Gasteiger partial charge in [0.1, 0.15) is 5.75 Å². The van der Waals surface area contributed by atoms with Gasteiger partial charge in [-0.3, -0.25) is 4.98 Å². The van der Waals surface area contributed by atoms with Crippen LogP contribution in [0.15, 0.2) is 30.5 Å². The molecule has 2 rings (SSSR count). The van der Waals surface area contributed by atoms with Crippen LogP contribution in [0.2, 0.25) is 0 Å². The van der Waals surface area contributed by atoms with Crippen molar-refractivity contribution in [1.82, 2.24) is 4.98 Å². The van der Waals surface area contributed by atoms with Crippen LogP contribution in [-0.4, -0.2) is 22.7 Å². The Morgan fingerprint density at radius 1 is 1.32 bits per heavy atom. The molecule has 0 bridgehead atoms. The van der Waals surface area contributed by atoms with Crippen LogP contribution in [0.25, 0.3) is 10.9 Å². The molecule has 1 aromatic heterocycles. The number of carbonyl (C=O) groups is 1. The average molecular weight is 271 g/mol. The van der Waals surface area contributed by atoms with Crippen molar-refractivity contribution < 1.29 is 27.8 Å². The smallest absolute Gasteiger partial charge is 0.416 e. The topological polar surface area (TPSA) is 59.4 Å². The summed E-state index contributed by atoms with van der Waals surface area (Å²) in [7, 11) is 0. The number of carboxylic acid groups (broad SMARTS) is 1. The van der Waals surface area contributed by atoms with Gasteiger partial charge in [0.05, 0.1) is 11.1 Å². The summed E-state index contributed by atoms with van der Waals surface area (Å²) in [5.41, 5.74) is -0.722. The number of carboxylic acids is 1. The van der Waals surface area contributed by atoms with Crippen LogP contribution in [0.1, 0.15) is 5.56 Å². The van der Waals surface area contributed by atoms with Crippen molar-refractivity contribution in [2.24, 2.45) is 0 Å². The lowest BCUT2D eigenvalue weighted by molar-refractivity contribution is -0.139. The highest BCUT2D eigenvalue weighted by atomic mass is 19.4. The molecule has 19 heavy (non-hydrogen) atoms. The third-order valence-corrected chi connectivity index (χ3v) is 2.38. The fraction of sp³-hybridized carbons (Fsp3) is 0.167. The number of hydrogen-bond donors (Lipinski definition) is 1. The van der Waals surface area contributed by atoms with Gasteiger partial charge in [-0.1, -0.05) is 0 Å². The fourth-order valence-electron chi connectivity index (χ4n) is 1.56. The first kappa shape index (κ1) is 13.1. The molecule has 0 aliphatic rings. The number of fused-ring (bicyclic) bond motifs is 1. The van der Waals surface area contributed by atoms with E-state index in [1.165, 1.54) is 18.3 Å². The fourth-order valence-corrected chi connectivity index (χ4v) is 1.56. The lowest BCUT2D eigenvalue weighted by atomic mass is 10.1. The molecule has 7 heteroatoms. The standard InChI is InChI=1S/C12H8F3NO3/c13-12(14,15)7-1-2-8-9(5-7)16-4-3-10(8)19-6-11(17)18/h1-5H,6H2,(H,17,18). The van der Waals surface area contributed by atoms with E-state index in [0.29, 0.717) is 5.39 Å². The molecule has 1 aromatic carbocycles. The highest BCUT2D eigenvalue weighted by Gasteiger charge is 2.30. The number of benzene rings is 1. The van der Waals surface area contributed by atoms with Crippen molar-refractivity contribution in [3.8, 4) is 5.75 Å². The number of nitrogens with zero attached hydrogens (tertiary/aromatic N) is 1. The van der Waals surface area contributed by atoms with Crippen LogP contribution in [0.5, 0.6) is 5.75 Å². The van der Waals surface area contributed by atoms with Gasteiger partial charge in [-0.2, -0.15) is 13.2 Å². The Balaban J connectivity index is 2.44. The summed E-state index contributed by atoms with van der Waals surface area (Å²) >= 11 is 0. The SMILES string of the molecule is O=C(O)COc1ccnc2cc(C(F)(F)F)ccc12. The molecule has 0 amide bonds. The van der Waals surface area contributed by atoms with E-state index in [1.54, 1.807) is 0 Å². The van der Waals surface area contributed by atoms with Crippen molar-refractivity contribution in [3.63, 3.8) is 0 Å². The van der Waals surface area contributed by atoms with E-state index in [4.69, 9.17) is 9.84 Å². The third-order valence-electron chi connectivity index (χ3n) is 2.38. The predicted molar refractivity (Wildman–Crippen MR) is 59.9 cm³/mol. The molecule has 0 fully saturated rings. The Morgan fingerprint density at radius 2 is 2.05 bits per heavy atom. The summed E-state index contributed by atoms with van der Waals surface area (Å²) in [5.74, 6) is -0.988. The van der Waals surface area contributed by atoms with Crippen LogP contribution in [0.3, 0.4) is 0 Å². The van der Waals surface area contributed by atoms with E-state index < -0.39 is 24.3 Å². The number of hydrogen-bond acceptors (Lipinski definition) is 3. The van der Waals surface area contributed by atoms with Crippen molar-refractivity contribution in [3.05, 3.63) is 36.0 Å². The number of ether oxygens (including phenoxy) is 1. The zero-order valence-electron chi connectivity index (χ0n) is 9.44. The first-order chi connectivity index (χ1) is 8.88. The van der Waals surface area contributed by atoms with E-state index in [0.717, 1.165) is 12.1 Å². The summed E-state index contributed by atoms with van der Waals surface area (Å²) in [4.78, 5) is 14.2. The Hall–Kier alpha value is -2.31. The van der Waals surface area contributed by atoms with Gasteiger partial charge in [0.2, 0.25) is 0 Å². The molecule has 4 nitrogen and oxygen atoms in total. The minimum atomic E-state index is -4.45. The number of alkyl halides is 3. The average Bonchev–Trinajstić information content (AvgIpc) is 2.34. The number of aliphatic carboxylic acids is 1. The normalized spacial score (nSPS) is 11.5. The summed E-state index contributed by atoms with van der Waals surface area (Å²) in [6, 6.07) is 4.40. The zero-order valence-corrected chi connectivity index (χ0v) is 9.44. The molecule has 0 saturated heterocycles. The van der Waals surface area contributed by atoms with E-state index in [9.17, 15) is 18.0 Å². The van der Waals surface area contributed by atoms with Gasteiger partial charge in [-0.05, 0) is 24.3 Å². The molecular weight excluding hydrogens is 263 g/mol. The first-order valence-corrected chi connectivity index (χ1v) is 5.18. The lowest BCUT2D eigenvalue weighted by Gasteiger charge is -2.10. The van der Waals surface area contributed by atoms with Crippen molar-refractivity contribution in [2.75, 3.05) is 6.61 Å². The molecule has 0 aliphatic heterocycles. The molecule has 0 unspecified atom stereocenters. The Labute approximate surface area is 105 Å². The van der Waals surface area contributed by atoms with E-state index >= 15 is 0 Å². The van der Waals surface area contributed by atoms with Gasteiger partial charge in [-0.15, -0.1) is 0 Å². The van der Waals surface area contributed by atoms with Gasteiger partial charge in [0, 0.05) is 11.6 Å². The summed E-state index contributed by atoms with van der Waals surface area (Å²) < 4.78 is 42.6. The Kier molecular flexibility index (Phi) is 3.28. The molecule has 0 spiro atoms. The van der Waals surface area contributed by atoms with Gasteiger partial charge in [0.25, 0.3) is 0 Å². The van der Waals surface area contributed by atoms with Crippen LogP contribution >= 0.6 is 0 Å². The van der Waals surface area contributed by atoms with Crippen LogP contribution in [0.4, 0.5) is 13.2 Å². The van der Waals surface area contributed by atoms with Crippen LogP contribution in [-0.2, 0) is 11.0 Å². The maximum Gasteiger partial charge on any atom is 0.416 e. The van der Waals surface area contributed by atoms with Gasteiger partial charge in [-0.25, -0.2) is 4.79 Å². The van der Waals surface area contributed by atoms with E-state index in [1.807, 2.05) is 0 Å². The second-order valence-electron chi connectivity index (χ2n) is 3.72. The maximum absolute atomic E-state index is 12.5. The summed E-state index contributed by atoms with van der Waals surface area (Å²) in [6.07, 6.45) is -3.19. The summed E-state index contributed by atoms with van der Waals surface area (Å²) in [5, 5.41) is 8.84. The van der Waals surface area contributed by atoms with Crippen molar-refractivity contribution >= 4 is 16.9 Å². The molecule has 1 heterocycles. The Morgan fingerprint density at radius 3 is 2.68 bits per heavy atom. The van der Waals surface area contributed by atoms with Gasteiger partial charge < -0.3 is 9.84 Å². The van der Waals surface area contributed by atoms with Crippen molar-refractivity contribution in [1.29, 1.82) is 0 Å². The van der Waals surface area contributed by atoms with E-state index in [-0.39, 0.29) is 11.3 Å². The minimum Gasteiger partial charge on any atom is -0.481 e. The quantitative estimate of drug-likeness (QED) is 0.932. The highest BCUT2D eigenvalue weighted by molar-refractivity contribution is 5.85. The van der Waals surface area contributed by atoms with Gasteiger partial charge >= 0.3 is 12.1 Å². The Bertz CT molecular complexity index is 625. The number of rotatable bonds is 3. The van der Waals surface area contributed by atoms with Crippen LogP contribution in [0, 0.1) is 0 Å². The molecule has 0 saturated carbocycles. The lowest BCUT2D eigenvalue weighted by Crippen LogP contribution is -2.10.